The van der Waals surface area contributed by atoms with Crippen molar-refractivity contribution in [1.29, 1.82) is 0 Å². The van der Waals surface area contributed by atoms with Gasteiger partial charge in [0.2, 0.25) is 5.82 Å². The van der Waals surface area contributed by atoms with Crippen molar-refractivity contribution in [1.82, 2.24) is 15.2 Å². The van der Waals surface area contributed by atoms with Gasteiger partial charge in [0.25, 0.3) is 5.91 Å². The second-order valence-corrected chi connectivity index (χ2v) is 5.22. The second kappa shape index (κ2) is 6.49. The van der Waals surface area contributed by atoms with Crippen molar-refractivity contribution < 1.29 is 14.7 Å². The molecule has 110 valence electrons. The summed E-state index contributed by atoms with van der Waals surface area (Å²) in [6.07, 6.45) is 1.57. The minimum atomic E-state index is -1.13. The first-order valence-corrected chi connectivity index (χ1v) is 7.06. The van der Waals surface area contributed by atoms with E-state index in [4.69, 9.17) is 5.11 Å². The molecule has 0 unspecified atom stereocenters. The number of H-pyrrole nitrogens is 1. The van der Waals surface area contributed by atoms with Crippen molar-refractivity contribution in [3.8, 4) is 0 Å². The predicted octanol–water partition coefficient (Wildman–Crippen LogP) is 2.47. The first-order chi connectivity index (χ1) is 10.0. The van der Waals surface area contributed by atoms with Gasteiger partial charge in [0.05, 0.1) is 11.3 Å². The van der Waals surface area contributed by atoms with E-state index in [0.29, 0.717) is 16.7 Å². The second-order valence-electron chi connectivity index (χ2n) is 4.30. The van der Waals surface area contributed by atoms with Gasteiger partial charge in [-0.2, -0.15) is 0 Å². The van der Waals surface area contributed by atoms with Gasteiger partial charge in [0.1, 0.15) is 5.82 Å². The van der Waals surface area contributed by atoms with Crippen LogP contribution in [0.1, 0.15) is 40.1 Å². The maximum Gasteiger partial charge on any atom is 0.337 e. The van der Waals surface area contributed by atoms with Gasteiger partial charge in [0.15, 0.2) is 0 Å². The lowest BCUT2D eigenvalue weighted by Crippen LogP contribution is -2.16. The molecule has 1 heterocycles. The number of carboxylic acid groups (broad SMARTS) is 1. The molecule has 1 amide bonds. The van der Waals surface area contributed by atoms with E-state index in [1.54, 1.807) is 6.07 Å². The third-order valence-electron chi connectivity index (χ3n) is 2.68. The Bertz CT molecular complexity index is 684. The van der Waals surface area contributed by atoms with E-state index >= 15 is 0 Å². The summed E-state index contributed by atoms with van der Waals surface area (Å²) in [6.45, 7) is 1.99. The molecular formula is C13H13BrN4O3. The Hall–Kier alpha value is -2.22. The number of hydrogen-bond acceptors (Lipinski definition) is 4. The number of halogens is 1. The Morgan fingerprint density at radius 2 is 2.19 bits per heavy atom. The average molecular weight is 353 g/mol. The van der Waals surface area contributed by atoms with E-state index in [1.165, 1.54) is 12.1 Å². The van der Waals surface area contributed by atoms with Crippen LogP contribution in [0.5, 0.6) is 0 Å². The molecule has 0 aliphatic carbocycles. The lowest BCUT2D eigenvalue weighted by Gasteiger charge is -2.07. The van der Waals surface area contributed by atoms with E-state index in [-0.39, 0.29) is 17.1 Å². The van der Waals surface area contributed by atoms with E-state index < -0.39 is 11.9 Å². The highest BCUT2D eigenvalue weighted by Crippen LogP contribution is 2.22. The van der Waals surface area contributed by atoms with Crippen LogP contribution in [-0.2, 0) is 6.42 Å². The number of carbonyl (C=O) groups excluding carboxylic acids is 1. The number of aryl methyl sites for hydroxylation is 1. The maximum atomic E-state index is 12.1. The van der Waals surface area contributed by atoms with E-state index in [1.807, 2.05) is 6.92 Å². The van der Waals surface area contributed by atoms with Gasteiger partial charge in [-0.3, -0.25) is 9.89 Å². The molecule has 8 heteroatoms. The van der Waals surface area contributed by atoms with Crippen LogP contribution >= 0.6 is 15.9 Å². The van der Waals surface area contributed by atoms with Crippen LogP contribution in [0.4, 0.5) is 5.69 Å². The van der Waals surface area contributed by atoms with Crippen molar-refractivity contribution >= 4 is 33.5 Å². The Balaban J connectivity index is 2.22. The average Bonchev–Trinajstić information content (AvgIpc) is 2.87. The molecule has 0 aliphatic heterocycles. The monoisotopic (exact) mass is 352 g/mol. The molecule has 21 heavy (non-hydrogen) atoms. The van der Waals surface area contributed by atoms with Gasteiger partial charge in [-0.15, -0.1) is 5.10 Å². The fraction of sp³-hybridized carbons (Fsp3) is 0.231. The third kappa shape index (κ3) is 3.66. The smallest absolute Gasteiger partial charge is 0.337 e. The quantitative estimate of drug-likeness (QED) is 0.765. The fourth-order valence-electron chi connectivity index (χ4n) is 1.73. The summed E-state index contributed by atoms with van der Waals surface area (Å²) in [5, 5.41) is 18.1. The normalized spacial score (nSPS) is 10.4. The first-order valence-electron chi connectivity index (χ1n) is 6.26. The van der Waals surface area contributed by atoms with Crippen LogP contribution in [0, 0.1) is 0 Å². The van der Waals surface area contributed by atoms with Crippen molar-refractivity contribution in [2.75, 3.05) is 5.32 Å². The zero-order chi connectivity index (χ0) is 15.4. The zero-order valence-electron chi connectivity index (χ0n) is 11.2. The lowest BCUT2D eigenvalue weighted by molar-refractivity contribution is 0.0698. The standard InChI is InChI=1S/C13H13BrN4O3/c1-2-3-10-16-11(18-17-10)12(19)15-9-6-7(14)4-5-8(9)13(20)21/h4-6H,2-3H2,1H3,(H,15,19)(H,20,21)(H,16,17,18). The van der Waals surface area contributed by atoms with Gasteiger partial charge in [-0.1, -0.05) is 22.9 Å². The molecular weight excluding hydrogens is 340 g/mol. The Labute approximate surface area is 128 Å². The number of aromatic amines is 1. The molecule has 0 fully saturated rings. The summed E-state index contributed by atoms with van der Waals surface area (Å²) in [6, 6.07) is 4.51. The highest BCUT2D eigenvalue weighted by atomic mass is 79.9. The topological polar surface area (TPSA) is 108 Å². The number of amides is 1. The van der Waals surface area contributed by atoms with Crippen molar-refractivity contribution in [3.05, 3.63) is 39.9 Å². The summed E-state index contributed by atoms with van der Waals surface area (Å²) >= 11 is 3.23. The molecule has 0 saturated carbocycles. The highest BCUT2D eigenvalue weighted by Gasteiger charge is 2.17. The minimum absolute atomic E-state index is 0.00383. The van der Waals surface area contributed by atoms with Crippen LogP contribution in [-0.4, -0.2) is 32.2 Å². The molecule has 0 spiro atoms. The Kier molecular flexibility index (Phi) is 4.69. The number of aromatic nitrogens is 3. The number of aromatic carboxylic acids is 1. The molecule has 2 aromatic rings. The number of carboxylic acids is 1. The number of hydrogen-bond donors (Lipinski definition) is 3. The third-order valence-corrected chi connectivity index (χ3v) is 3.18. The van der Waals surface area contributed by atoms with Crippen molar-refractivity contribution in [3.63, 3.8) is 0 Å². The summed E-state index contributed by atoms with van der Waals surface area (Å²) in [5.41, 5.74) is 0.180. The van der Waals surface area contributed by atoms with Gasteiger partial charge >= 0.3 is 5.97 Å². The van der Waals surface area contributed by atoms with Gasteiger partial charge in [-0.25, -0.2) is 9.78 Å². The lowest BCUT2D eigenvalue weighted by atomic mass is 10.2. The summed E-state index contributed by atoms with van der Waals surface area (Å²) in [7, 11) is 0. The van der Waals surface area contributed by atoms with Crippen LogP contribution in [0.15, 0.2) is 22.7 Å². The molecule has 0 radical (unpaired) electrons. The zero-order valence-corrected chi connectivity index (χ0v) is 12.8. The predicted molar refractivity (Wildman–Crippen MR) is 79.4 cm³/mol. The molecule has 0 atom stereocenters. The first kappa shape index (κ1) is 15.2. The van der Waals surface area contributed by atoms with Gasteiger partial charge < -0.3 is 10.4 Å². The van der Waals surface area contributed by atoms with Crippen molar-refractivity contribution in [2.45, 2.75) is 19.8 Å². The largest absolute Gasteiger partial charge is 0.478 e. The molecule has 0 bridgehead atoms. The van der Waals surface area contributed by atoms with E-state index in [0.717, 1.165) is 6.42 Å². The number of rotatable bonds is 5. The maximum absolute atomic E-state index is 12.1. The number of nitrogens with one attached hydrogen (secondary N) is 2. The SMILES string of the molecule is CCCc1nc(C(=O)Nc2cc(Br)ccc2C(=O)O)n[nH]1. The fourth-order valence-corrected chi connectivity index (χ4v) is 2.09. The molecule has 0 saturated heterocycles. The molecule has 1 aromatic carbocycles. The van der Waals surface area contributed by atoms with Crippen LogP contribution in [0.3, 0.4) is 0 Å². The molecule has 1 aromatic heterocycles. The minimum Gasteiger partial charge on any atom is -0.478 e. The van der Waals surface area contributed by atoms with Crippen LogP contribution in [0.25, 0.3) is 0 Å². The molecule has 2 rings (SSSR count). The summed E-state index contributed by atoms with van der Waals surface area (Å²) < 4.78 is 0.657. The van der Waals surface area contributed by atoms with Crippen LogP contribution in [0.2, 0.25) is 0 Å². The Morgan fingerprint density at radius 1 is 1.43 bits per heavy atom. The number of anilines is 1. The summed E-state index contributed by atoms with van der Waals surface area (Å²) in [5.74, 6) is -1.08. The molecule has 7 nitrogen and oxygen atoms in total. The van der Waals surface area contributed by atoms with Gasteiger partial charge in [0, 0.05) is 10.9 Å². The van der Waals surface area contributed by atoms with E-state index in [9.17, 15) is 9.59 Å². The van der Waals surface area contributed by atoms with Crippen molar-refractivity contribution in [2.24, 2.45) is 0 Å². The molecule has 3 N–H and O–H groups in total. The number of carbonyl (C=O) groups is 2. The highest BCUT2D eigenvalue weighted by molar-refractivity contribution is 9.10. The van der Waals surface area contributed by atoms with Gasteiger partial charge in [-0.05, 0) is 24.6 Å². The number of nitrogens with zero attached hydrogens (tertiary/aromatic N) is 2. The summed E-state index contributed by atoms with van der Waals surface area (Å²) in [4.78, 5) is 27.2. The van der Waals surface area contributed by atoms with E-state index in [2.05, 4.69) is 36.4 Å². The molecule has 0 aliphatic rings. The Morgan fingerprint density at radius 3 is 2.86 bits per heavy atom. The number of benzene rings is 1. The van der Waals surface area contributed by atoms with Crippen LogP contribution < -0.4 is 5.32 Å².